The predicted molar refractivity (Wildman–Crippen MR) is 127 cm³/mol. The quantitative estimate of drug-likeness (QED) is 0.166. The van der Waals surface area contributed by atoms with Crippen molar-refractivity contribution in [3.8, 4) is 5.75 Å². The fraction of sp³-hybridized carbons (Fsp3) is 0.450. The van der Waals surface area contributed by atoms with Crippen LogP contribution in [0.15, 0.2) is 18.2 Å². The molecule has 2 aliphatic heterocycles. The van der Waals surface area contributed by atoms with Crippen LogP contribution in [0.2, 0.25) is 0 Å². The second-order valence-electron chi connectivity index (χ2n) is 8.57. The van der Waals surface area contributed by atoms with Crippen LogP contribution in [0.1, 0.15) is 22.8 Å². The number of nitrogens with one attached hydrogen (secondary N) is 3. The number of urea groups is 1. The first-order valence-corrected chi connectivity index (χ1v) is 13.0. The molecule has 0 unspecified atom stereocenters. The van der Waals surface area contributed by atoms with Gasteiger partial charge in [0.2, 0.25) is 5.91 Å². The Hall–Kier alpha value is -3.91. The molecular formula is C20H23BF3N5O10S. The summed E-state index contributed by atoms with van der Waals surface area (Å²) >= 11 is 0. The Morgan fingerprint density at radius 1 is 1.20 bits per heavy atom. The summed E-state index contributed by atoms with van der Waals surface area (Å²) in [5.74, 6) is -6.47. The van der Waals surface area contributed by atoms with Gasteiger partial charge in [0.25, 0.3) is 0 Å². The van der Waals surface area contributed by atoms with Crippen LogP contribution < -0.4 is 20.0 Å². The number of benzene rings is 1. The Balaban J connectivity index is 1.80. The molecule has 3 rings (SSSR count). The molecule has 1 aromatic carbocycles. The van der Waals surface area contributed by atoms with Crippen LogP contribution in [0.5, 0.6) is 5.75 Å². The van der Waals surface area contributed by atoms with Crippen molar-refractivity contribution in [2.45, 2.75) is 30.8 Å². The summed E-state index contributed by atoms with van der Waals surface area (Å²) < 4.78 is 67.8. The molecule has 15 nitrogen and oxygen atoms in total. The average Bonchev–Trinajstić information content (AvgIpc) is 2.87. The van der Waals surface area contributed by atoms with E-state index < -0.39 is 70.9 Å². The SMILES string of the molecule is CCN1CCN(C(=O)N[C@H](CNS(=O)(=O)C(F)(F)F)C(=O)N[C@H]2Cc3cccc(C(=O)O)c3OB2O)C(=O)C1=O. The highest BCUT2D eigenvalue weighted by Crippen LogP contribution is 2.30. The molecular weight excluding hydrogens is 570 g/mol. The van der Waals surface area contributed by atoms with Gasteiger partial charge in [-0.25, -0.2) is 22.7 Å². The topological polar surface area (TPSA) is 212 Å². The van der Waals surface area contributed by atoms with Gasteiger partial charge in [-0.1, -0.05) is 12.1 Å². The van der Waals surface area contributed by atoms with Gasteiger partial charge in [-0.15, -0.1) is 0 Å². The zero-order chi connectivity index (χ0) is 30.0. The second-order valence-corrected chi connectivity index (χ2v) is 10.3. The number of para-hydroxylation sites is 1. The number of hydrogen-bond acceptors (Lipinski definition) is 9. The van der Waals surface area contributed by atoms with E-state index in [2.05, 4.69) is 5.32 Å². The Bertz CT molecular complexity index is 1330. The summed E-state index contributed by atoms with van der Waals surface area (Å²) in [6, 6.07) is 0.570. The van der Waals surface area contributed by atoms with Crippen LogP contribution >= 0.6 is 0 Å². The third-order valence-electron chi connectivity index (χ3n) is 6.01. The lowest BCUT2D eigenvalue weighted by molar-refractivity contribution is -0.153. The van der Waals surface area contributed by atoms with E-state index in [-0.39, 0.29) is 42.9 Å². The first-order valence-electron chi connectivity index (χ1n) is 11.5. The maximum absolute atomic E-state index is 13.0. The number of carbonyl (C=O) groups is 5. The summed E-state index contributed by atoms with van der Waals surface area (Å²) in [5.41, 5.74) is -5.79. The molecule has 1 aromatic rings. The number of amides is 5. The number of carboxylic acids is 1. The zero-order valence-corrected chi connectivity index (χ0v) is 21.4. The number of hydrogen-bond donors (Lipinski definition) is 5. The number of carboxylic acid groups (broad SMARTS) is 1. The lowest BCUT2D eigenvalue weighted by Crippen LogP contribution is -2.63. The minimum atomic E-state index is -5.97. The van der Waals surface area contributed by atoms with Crippen molar-refractivity contribution in [1.82, 2.24) is 25.2 Å². The molecule has 0 saturated carbocycles. The smallest absolute Gasteiger partial charge is 0.534 e. The molecule has 1 saturated heterocycles. The lowest BCUT2D eigenvalue weighted by atomic mass is 9.72. The third kappa shape index (κ3) is 6.45. The Morgan fingerprint density at radius 2 is 1.88 bits per heavy atom. The van der Waals surface area contributed by atoms with Crippen LogP contribution in [0.3, 0.4) is 0 Å². The van der Waals surface area contributed by atoms with Crippen LogP contribution in [0, 0.1) is 0 Å². The van der Waals surface area contributed by atoms with Crippen molar-refractivity contribution in [2.24, 2.45) is 0 Å². The van der Waals surface area contributed by atoms with Gasteiger partial charge in [-0.3, -0.25) is 19.3 Å². The van der Waals surface area contributed by atoms with Crippen LogP contribution in [-0.4, -0.2) is 109 Å². The van der Waals surface area contributed by atoms with Crippen molar-refractivity contribution in [2.75, 3.05) is 26.2 Å². The molecule has 0 spiro atoms. The van der Waals surface area contributed by atoms with Crippen molar-refractivity contribution in [3.63, 3.8) is 0 Å². The standard InChI is InChI=1S/C20H23BF3N5O10S/c1-2-28-6-7-29(17(32)16(28)31)19(35)26-12(9-25-40(37,38)20(22,23)24)15(30)27-13-8-10-4-3-5-11(18(33)34)14(10)39-21(13)36/h3-5,12-13,25,36H,2,6-9H2,1H3,(H,26,35)(H,27,30)(H,33,34)/t12-,13+/m1/s1. The monoisotopic (exact) mass is 593 g/mol. The largest absolute Gasteiger partial charge is 0.547 e. The van der Waals surface area contributed by atoms with Gasteiger partial charge >= 0.3 is 46.5 Å². The van der Waals surface area contributed by atoms with Gasteiger partial charge < -0.3 is 30.3 Å². The van der Waals surface area contributed by atoms with Gasteiger partial charge in [-0.05, 0) is 25.0 Å². The van der Waals surface area contributed by atoms with Gasteiger partial charge in [0.1, 0.15) is 11.8 Å². The summed E-state index contributed by atoms with van der Waals surface area (Å²) in [6.07, 6.45) is -0.218. The van der Waals surface area contributed by atoms with E-state index in [0.29, 0.717) is 4.90 Å². The second kappa shape index (κ2) is 11.7. The van der Waals surface area contributed by atoms with Crippen LogP contribution in [0.25, 0.3) is 0 Å². The number of halogens is 3. The Kier molecular flexibility index (Phi) is 8.95. The molecule has 5 amide bonds. The fourth-order valence-electron chi connectivity index (χ4n) is 3.88. The van der Waals surface area contributed by atoms with E-state index in [1.54, 1.807) is 6.92 Å². The number of rotatable bonds is 8. The van der Waals surface area contributed by atoms with Crippen molar-refractivity contribution >= 4 is 46.9 Å². The number of likely N-dealkylation sites (N-methyl/N-ethyl adjacent to an activating group) is 1. The molecule has 2 aliphatic rings. The number of fused-ring (bicyclic) bond motifs is 1. The normalized spacial score (nSPS) is 18.5. The van der Waals surface area contributed by atoms with E-state index in [0.717, 1.165) is 9.62 Å². The average molecular weight is 593 g/mol. The van der Waals surface area contributed by atoms with E-state index in [1.165, 1.54) is 18.2 Å². The van der Waals surface area contributed by atoms with Crippen molar-refractivity contribution in [3.05, 3.63) is 29.3 Å². The number of imide groups is 1. The molecule has 0 aliphatic carbocycles. The fourth-order valence-corrected chi connectivity index (χ4v) is 4.43. The highest BCUT2D eigenvalue weighted by molar-refractivity contribution is 7.90. The van der Waals surface area contributed by atoms with Gasteiger partial charge in [0, 0.05) is 26.2 Å². The minimum Gasteiger partial charge on any atom is -0.534 e. The molecule has 5 N–H and O–H groups in total. The van der Waals surface area contributed by atoms with Gasteiger partial charge in [-0.2, -0.15) is 13.2 Å². The zero-order valence-electron chi connectivity index (χ0n) is 20.6. The number of nitrogens with zero attached hydrogens (tertiary/aromatic N) is 2. The third-order valence-corrected chi connectivity index (χ3v) is 7.17. The van der Waals surface area contributed by atoms with Crippen molar-refractivity contribution in [1.29, 1.82) is 0 Å². The number of aromatic carboxylic acids is 1. The van der Waals surface area contributed by atoms with Gasteiger partial charge in [0.15, 0.2) is 0 Å². The summed E-state index contributed by atoms with van der Waals surface area (Å²) in [5, 5.41) is 23.8. The lowest BCUT2D eigenvalue weighted by Gasteiger charge is -2.33. The number of alkyl halides is 3. The van der Waals surface area contributed by atoms with Crippen LogP contribution in [-0.2, 0) is 30.8 Å². The molecule has 0 bridgehead atoms. The Morgan fingerprint density at radius 3 is 2.48 bits per heavy atom. The molecule has 20 heteroatoms. The summed E-state index contributed by atoms with van der Waals surface area (Å²) in [4.78, 5) is 63.1. The van der Waals surface area contributed by atoms with E-state index in [4.69, 9.17) is 4.65 Å². The van der Waals surface area contributed by atoms with E-state index in [9.17, 15) is 55.7 Å². The van der Waals surface area contributed by atoms with E-state index >= 15 is 0 Å². The first-order chi connectivity index (χ1) is 18.6. The number of piperazine rings is 1. The maximum Gasteiger partial charge on any atom is 0.547 e. The number of sulfonamides is 1. The molecule has 2 heterocycles. The molecule has 2 atom stereocenters. The van der Waals surface area contributed by atoms with Crippen LogP contribution in [0.4, 0.5) is 18.0 Å². The molecule has 0 radical (unpaired) electrons. The first kappa shape index (κ1) is 30.6. The highest BCUT2D eigenvalue weighted by atomic mass is 32.2. The summed E-state index contributed by atoms with van der Waals surface area (Å²) in [6.45, 7) is 0.0332. The minimum absolute atomic E-state index is 0.0601. The molecule has 218 valence electrons. The molecule has 0 aromatic heterocycles. The maximum atomic E-state index is 13.0. The van der Waals surface area contributed by atoms with Gasteiger partial charge in [0.05, 0.1) is 11.5 Å². The highest BCUT2D eigenvalue weighted by Gasteiger charge is 2.47. The van der Waals surface area contributed by atoms with E-state index in [1.807, 2.05) is 5.32 Å². The summed E-state index contributed by atoms with van der Waals surface area (Å²) in [7, 11) is -7.81. The number of carbonyl (C=O) groups excluding carboxylic acids is 4. The van der Waals surface area contributed by atoms with Crippen molar-refractivity contribution < 1.29 is 60.3 Å². The predicted octanol–water partition coefficient (Wildman–Crippen LogP) is -1.97. The Labute approximate surface area is 224 Å². The molecule has 1 fully saturated rings. The molecule has 40 heavy (non-hydrogen) atoms.